The summed E-state index contributed by atoms with van der Waals surface area (Å²) in [6.45, 7) is 4.63. The molecule has 2 heteroatoms. The van der Waals surface area contributed by atoms with Gasteiger partial charge in [0.05, 0.1) is 6.42 Å². The average Bonchev–Trinajstić information content (AvgIpc) is 2.92. The summed E-state index contributed by atoms with van der Waals surface area (Å²) in [4.78, 5) is 0. The second kappa shape index (κ2) is 8.02. The first-order valence-electron chi connectivity index (χ1n) is 12.6. The summed E-state index contributed by atoms with van der Waals surface area (Å²) in [5, 5.41) is 2.58. The van der Waals surface area contributed by atoms with E-state index in [9.17, 15) is 0 Å². The van der Waals surface area contributed by atoms with Gasteiger partial charge in [0.25, 0.3) is 0 Å². The molecule has 0 saturated heterocycles. The average molecular weight is 453 g/mol. The highest BCUT2D eigenvalue weighted by atomic mass is 15.0. The van der Waals surface area contributed by atoms with Crippen molar-refractivity contribution < 1.29 is 9.13 Å². The van der Waals surface area contributed by atoms with E-state index in [2.05, 4.69) is 125 Å². The molecule has 0 spiro atoms. The summed E-state index contributed by atoms with van der Waals surface area (Å²) in [5.41, 5.74) is 9.23. The van der Waals surface area contributed by atoms with Gasteiger partial charge in [0.2, 0.25) is 11.4 Å². The first-order chi connectivity index (χ1) is 17.3. The minimum absolute atomic E-state index is 0.308. The zero-order chi connectivity index (χ0) is 23.4. The van der Waals surface area contributed by atoms with Gasteiger partial charge in [-0.2, -0.15) is 9.13 Å². The largest absolute Gasteiger partial charge is 0.218 e. The molecule has 2 unspecified atom stereocenters. The van der Waals surface area contributed by atoms with Crippen LogP contribution in [0.1, 0.15) is 35.9 Å². The molecule has 5 aromatic rings. The van der Waals surface area contributed by atoms with Gasteiger partial charge in [-0.05, 0) is 60.2 Å². The van der Waals surface area contributed by atoms with Crippen LogP contribution in [0.3, 0.4) is 0 Å². The summed E-state index contributed by atoms with van der Waals surface area (Å²) >= 11 is 0. The lowest BCUT2D eigenvalue weighted by Gasteiger charge is -2.31. The van der Waals surface area contributed by atoms with Crippen molar-refractivity contribution >= 4 is 16.5 Å². The van der Waals surface area contributed by atoms with Gasteiger partial charge in [0.15, 0.2) is 24.1 Å². The Labute approximate surface area is 206 Å². The van der Waals surface area contributed by atoms with Gasteiger partial charge in [-0.25, -0.2) is 0 Å². The molecule has 2 nitrogen and oxygen atoms in total. The van der Waals surface area contributed by atoms with E-state index in [1.165, 1.54) is 44.4 Å². The second-order valence-corrected chi connectivity index (χ2v) is 9.88. The molecule has 7 rings (SSSR count). The Morgan fingerprint density at radius 2 is 1.46 bits per heavy atom. The van der Waals surface area contributed by atoms with Crippen LogP contribution in [0.25, 0.3) is 39.0 Å². The quantitative estimate of drug-likeness (QED) is 0.226. The van der Waals surface area contributed by atoms with Crippen LogP contribution in [0.5, 0.6) is 0 Å². The van der Waals surface area contributed by atoms with Gasteiger partial charge < -0.3 is 0 Å². The number of hydrogen-bond acceptors (Lipinski definition) is 0. The molecular formula is C33H28N2+2. The Morgan fingerprint density at radius 1 is 0.714 bits per heavy atom. The normalized spacial score (nSPS) is 18.6. The lowest BCUT2D eigenvalue weighted by atomic mass is 9.77. The van der Waals surface area contributed by atoms with Gasteiger partial charge >= 0.3 is 0 Å². The molecule has 2 aromatic heterocycles. The lowest BCUT2D eigenvalue weighted by Crippen LogP contribution is -2.49. The molecular weight excluding hydrogens is 424 g/mol. The monoisotopic (exact) mass is 452 g/mol. The topological polar surface area (TPSA) is 7.76 Å². The van der Waals surface area contributed by atoms with Crippen molar-refractivity contribution in [1.82, 2.24) is 0 Å². The molecule has 0 bridgehead atoms. The van der Waals surface area contributed by atoms with Crippen molar-refractivity contribution in [2.24, 2.45) is 0 Å². The number of pyridine rings is 2. The third-order valence-electron chi connectivity index (χ3n) is 7.97. The third-order valence-corrected chi connectivity index (χ3v) is 7.97. The smallest absolute Gasteiger partial charge is 0.194 e. The van der Waals surface area contributed by atoms with Crippen molar-refractivity contribution in [1.29, 1.82) is 0 Å². The summed E-state index contributed by atoms with van der Waals surface area (Å²) < 4.78 is 4.86. The number of aromatic nitrogens is 2. The minimum atomic E-state index is 0.308. The zero-order valence-corrected chi connectivity index (χ0v) is 19.8. The Kier molecular flexibility index (Phi) is 4.66. The van der Waals surface area contributed by atoms with Crippen LogP contribution in [0, 0.1) is 0 Å². The van der Waals surface area contributed by atoms with Crippen LogP contribution in [0.15, 0.2) is 116 Å². The molecule has 3 aromatic carbocycles. The predicted octanol–water partition coefficient (Wildman–Crippen LogP) is 6.89. The van der Waals surface area contributed by atoms with E-state index in [1.54, 1.807) is 0 Å². The van der Waals surface area contributed by atoms with E-state index in [0.717, 1.165) is 25.0 Å². The number of benzene rings is 3. The molecule has 168 valence electrons. The molecule has 0 amide bonds. The third kappa shape index (κ3) is 3.24. The molecule has 35 heavy (non-hydrogen) atoms. The predicted molar refractivity (Wildman–Crippen MR) is 142 cm³/mol. The number of hydrogen-bond donors (Lipinski definition) is 0. The summed E-state index contributed by atoms with van der Waals surface area (Å²) in [6.07, 6.45) is 7.61. The van der Waals surface area contributed by atoms with Gasteiger partial charge in [-0.15, -0.1) is 0 Å². The number of nitrogens with zero attached hydrogens (tertiary/aromatic N) is 2. The SMILES string of the molecule is C=C1CC2C(CCc3ccccc3-c3cccc[n+]31)c1ccccc1-c1cc3ccccc3c[n+]12. The maximum absolute atomic E-state index is 4.63. The highest BCUT2D eigenvalue weighted by Gasteiger charge is 2.42. The van der Waals surface area contributed by atoms with Crippen LogP contribution < -0.4 is 9.13 Å². The van der Waals surface area contributed by atoms with Crippen LogP contribution in [-0.2, 0) is 6.42 Å². The highest BCUT2D eigenvalue weighted by molar-refractivity contribution is 5.84. The first kappa shape index (κ1) is 20.3. The van der Waals surface area contributed by atoms with Gasteiger partial charge in [-0.1, -0.05) is 54.6 Å². The molecule has 2 atom stereocenters. The molecule has 0 N–H and O–H groups in total. The fourth-order valence-electron chi connectivity index (χ4n) is 6.31. The van der Waals surface area contributed by atoms with Crippen molar-refractivity contribution in [2.75, 3.05) is 0 Å². The molecule has 0 saturated carbocycles. The number of allylic oxidation sites excluding steroid dienone is 1. The maximum atomic E-state index is 4.63. The van der Waals surface area contributed by atoms with Crippen LogP contribution in [0.2, 0.25) is 0 Å². The lowest BCUT2D eigenvalue weighted by molar-refractivity contribution is -0.719. The molecule has 2 aliphatic rings. The summed E-state index contributed by atoms with van der Waals surface area (Å²) in [6, 6.07) is 35.8. The zero-order valence-electron chi connectivity index (χ0n) is 19.8. The first-order valence-corrected chi connectivity index (χ1v) is 12.6. The Hall–Kier alpha value is -4.04. The molecule has 2 aliphatic heterocycles. The Morgan fingerprint density at radius 3 is 2.37 bits per heavy atom. The maximum Gasteiger partial charge on any atom is 0.218 e. The molecule has 0 fully saturated rings. The molecule has 0 radical (unpaired) electrons. The van der Waals surface area contributed by atoms with E-state index in [-0.39, 0.29) is 0 Å². The van der Waals surface area contributed by atoms with E-state index < -0.39 is 0 Å². The van der Waals surface area contributed by atoms with Gasteiger partial charge in [0, 0.05) is 40.6 Å². The van der Waals surface area contributed by atoms with E-state index in [0.29, 0.717) is 12.0 Å². The highest BCUT2D eigenvalue weighted by Crippen LogP contribution is 2.44. The van der Waals surface area contributed by atoms with Crippen molar-refractivity contribution in [2.45, 2.75) is 31.2 Å². The summed E-state index contributed by atoms with van der Waals surface area (Å²) in [5.74, 6) is 0.417. The second-order valence-electron chi connectivity index (χ2n) is 9.88. The van der Waals surface area contributed by atoms with Crippen molar-refractivity contribution in [3.63, 3.8) is 0 Å². The fraction of sp³-hybridized carbons (Fsp3) is 0.152. The van der Waals surface area contributed by atoms with Crippen molar-refractivity contribution in [3.8, 4) is 22.5 Å². The van der Waals surface area contributed by atoms with E-state index in [1.807, 2.05) is 0 Å². The molecule has 0 aliphatic carbocycles. The Balaban J connectivity index is 1.47. The fourth-order valence-corrected chi connectivity index (χ4v) is 6.31. The molecule has 4 heterocycles. The van der Waals surface area contributed by atoms with Gasteiger partial charge in [0.1, 0.15) is 0 Å². The van der Waals surface area contributed by atoms with Crippen LogP contribution >= 0.6 is 0 Å². The number of rotatable bonds is 0. The van der Waals surface area contributed by atoms with Crippen molar-refractivity contribution in [3.05, 3.63) is 127 Å². The van der Waals surface area contributed by atoms with E-state index >= 15 is 0 Å². The number of fused-ring (bicyclic) bond motifs is 10. The van der Waals surface area contributed by atoms with Gasteiger partial charge in [-0.3, -0.25) is 0 Å². The van der Waals surface area contributed by atoms with Crippen LogP contribution in [-0.4, -0.2) is 0 Å². The Bertz CT molecular complexity index is 1610. The standard InChI is InChI=1S/C33H28N2/c1-23-20-32-30(18-17-24-10-4-5-13-27(24)31-16-8-9-19-34(23)31)28-14-6-7-15-29(28)33-21-25-11-2-3-12-26(25)22-35(32)33/h2-16,19,21-22,30,32H,1,17-18,20H2/q+2. The van der Waals surface area contributed by atoms with Crippen LogP contribution in [0.4, 0.5) is 0 Å². The minimum Gasteiger partial charge on any atom is -0.194 e. The summed E-state index contributed by atoms with van der Waals surface area (Å²) in [7, 11) is 0. The van der Waals surface area contributed by atoms with E-state index in [4.69, 9.17) is 0 Å². The number of aryl methyl sites for hydroxylation is 1.